The van der Waals surface area contributed by atoms with Crippen LogP contribution in [0.5, 0.6) is 0 Å². The van der Waals surface area contributed by atoms with Crippen molar-refractivity contribution in [3.63, 3.8) is 0 Å². The summed E-state index contributed by atoms with van der Waals surface area (Å²) in [5.41, 5.74) is 0. The third-order valence-corrected chi connectivity index (χ3v) is 2.22. The summed E-state index contributed by atoms with van der Waals surface area (Å²) in [4.78, 5) is 0. The second-order valence-electron chi connectivity index (χ2n) is 3.85. The Bertz CT molecular complexity index is 337. The van der Waals surface area contributed by atoms with E-state index in [1.807, 2.05) is 121 Å². The van der Waals surface area contributed by atoms with Crippen LogP contribution < -0.4 is 0 Å². The first-order valence-electron chi connectivity index (χ1n) is 6.67. The van der Waals surface area contributed by atoms with Gasteiger partial charge in [-0.1, -0.05) is 0 Å². The van der Waals surface area contributed by atoms with E-state index in [0.717, 1.165) is 0 Å². The topological polar surface area (TPSA) is 0 Å². The summed E-state index contributed by atoms with van der Waals surface area (Å²) in [5.74, 6) is 0. The van der Waals surface area contributed by atoms with Crippen molar-refractivity contribution in [3.05, 3.63) is 121 Å². The van der Waals surface area contributed by atoms with Gasteiger partial charge < -0.3 is 0 Å². The van der Waals surface area contributed by atoms with Gasteiger partial charge in [0.1, 0.15) is 0 Å². The molecule has 0 N–H and O–H groups in total. The van der Waals surface area contributed by atoms with E-state index in [9.17, 15) is 0 Å². The van der Waals surface area contributed by atoms with Crippen LogP contribution in [0.4, 0.5) is 0 Å². The zero-order valence-electron chi connectivity index (χ0n) is 12.0. The Morgan fingerprint density at radius 3 is 0.476 bits per heavy atom. The van der Waals surface area contributed by atoms with Crippen molar-refractivity contribution in [2.75, 3.05) is 0 Å². The van der Waals surface area contributed by atoms with Crippen molar-refractivity contribution in [1.29, 1.82) is 0 Å². The maximum absolute atomic E-state index is 2.00. The van der Waals surface area contributed by atoms with Crippen LogP contribution in [0.3, 0.4) is 0 Å². The molecule has 0 heterocycles. The van der Waals surface area contributed by atoms with Gasteiger partial charge >= 0.3 is 39.9 Å². The molecule has 4 aromatic rings. The van der Waals surface area contributed by atoms with Crippen LogP contribution in [0.1, 0.15) is 0 Å². The molecule has 0 aliphatic rings. The van der Waals surface area contributed by atoms with E-state index in [0.29, 0.717) is 0 Å². The van der Waals surface area contributed by atoms with E-state index in [-0.39, 0.29) is 39.9 Å². The summed E-state index contributed by atoms with van der Waals surface area (Å²) in [6, 6.07) is 40.0. The summed E-state index contributed by atoms with van der Waals surface area (Å²) >= 11 is 0. The minimum atomic E-state index is 0. The number of hydrogen-bond donors (Lipinski definition) is 0. The van der Waals surface area contributed by atoms with Gasteiger partial charge in [-0.25, -0.2) is 48.5 Å². The van der Waals surface area contributed by atoms with Gasteiger partial charge in [-0.3, -0.25) is 0 Å². The van der Waals surface area contributed by atoms with Crippen molar-refractivity contribution < 1.29 is 39.9 Å². The Balaban J connectivity index is 0.000000250. The average molecular weight is 492 g/mol. The fourth-order valence-corrected chi connectivity index (χ4v) is 1.28. The van der Waals surface area contributed by atoms with E-state index in [2.05, 4.69) is 0 Å². The molecule has 0 unspecified atom stereocenters. The van der Waals surface area contributed by atoms with E-state index >= 15 is 0 Å². The quantitative estimate of drug-likeness (QED) is 0.280. The Morgan fingerprint density at radius 1 is 0.286 bits per heavy atom. The monoisotopic (exact) mass is 492 g/mol. The molecule has 0 bridgehead atoms. The fraction of sp³-hybridized carbons (Fsp3) is 0. The van der Waals surface area contributed by atoms with Gasteiger partial charge in [-0.15, -0.1) is 0 Å². The van der Waals surface area contributed by atoms with Gasteiger partial charge in [-0.05, 0) is 0 Å². The Hall–Kier alpha value is -1.28. The van der Waals surface area contributed by atoms with Gasteiger partial charge in [0.25, 0.3) is 0 Å². The molecule has 0 aliphatic heterocycles. The van der Waals surface area contributed by atoms with E-state index in [4.69, 9.17) is 0 Å². The van der Waals surface area contributed by atoms with Gasteiger partial charge in [0.2, 0.25) is 0 Å². The zero-order chi connectivity index (χ0) is 14.1. The summed E-state index contributed by atoms with van der Waals surface area (Å²) in [5, 5.41) is 0. The second-order valence-corrected chi connectivity index (χ2v) is 3.85. The molecule has 0 saturated heterocycles. The largest absolute Gasteiger partial charge is 4.00 e. The molecule has 104 valence electrons. The van der Waals surface area contributed by atoms with Crippen molar-refractivity contribution in [2.24, 2.45) is 0 Å². The molecule has 0 amide bonds. The van der Waals surface area contributed by atoms with Crippen LogP contribution in [0.25, 0.3) is 0 Å². The standard InChI is InChI=1S/4C5H5.Th/c4*1-2-4-5-3-1;/h4*1-5H;/q4*-1;+4. The van der Waals surface area contributed by atoms with Gasteiger partial charge in [-0.2, -0.15) is 72.8 Å². The number of rotatable bonds is 0. The molecular formula is C20H20Th. The molecule has 0 atom stereocenters. The molecule has 0 fully saturated rings. The SMILES string of the molecule is [Th+4].c1cc[cH-]c1.c1cc[cH-]c1.c1cc[cH-]c1.c1cc[cH-]c1. The first-order valence-corrected chi connectivity index (χ1v) is 6.67. The average Bonchev–Trinajstić information content (AvgIpc) is 3.40. The Labute approximate surface area is 160 Å². The fourth-order valence-electron chi connectivity index (χ4n) is 1.28. The Morgan fingerprint density at radius 2 is 0.429 bits per heavy atom. The molecule has 0 saturated carbocycles. The normalized spacial score (nSPS) is 7.62. The van der Waals surface area contributed by atoms with E-state index in [1.165, 1.54) is 0 Å². The Kier molecular flexibility index (Phi) is 15.8. The van der Waals surface area contributed by atoms with Crippen LogP contribution in [-0.4, -0.2) is 0 Å². The van der Waals surface area contributed by atoms with Crippen molar-refractivity contribution in [3.8, 4) is 0 Å². The van der Waals surface area contributed by atoms with Crippen LogP contribution in [0.2, 0.25) is 0 Å². The third-order valence-electron chi connectivity index (χ3n) is 2.22. The zero-order valence-corrected chi connectivity index (χ0v) is 16.2. The van der Waals surface area contributed by atoms with E-state index in [1.54, 1.807) is 0 Å². The van der Waals surface area contributed by atoms with Gasteiger partial charge in [0, 0.05) is 0 Å². The van der Waals surface area contributed by atoms with Gasteiger partial charge in [0.15, 0.2) is 0 Å². The molecule has 0 aliphatic carbocycles. The third kappa shape index (κ3) is 14.9. The summed E-state index contributed by atoms with van der Waals surface area (Å²) in [6.45, 7) is 0. The molecule has 21 heavy (non-hydrogen) atoms. The second kappa shape index (κ2) is 16.8. The molecule has 0 aromatic heterocycles. The van der Waals surface area contributed by atoms with Crippen LogP contribution in [0, 0.1) is 39.9 Å². The summed E-state index contributed by atoms with van der Waals surface area (Å²) < 4.78 is 0. The predicted octanol–water partition coefficient (Wildman–Crippen LogP) is 5.62. The molecule has 4 rings (SSSR count). The molecule has 4 aromatic carbocycles. The van der Waals surface area contributed by atoms with Crippen molar-refractivity contribution >= 4 is 0 Å². The van der Waals surface area contributed by atoms with Crippen molar-refractivity contribution in [2.45, 2.75) is 0 Å². The maximum Gasteiger partial charge on any atom is 4.00 e. The minimum absolute atomic E-state index is 0. The summed E-state index contributed by atoms with van der Waals surface area (Å²) in [7, 11) is 0. The van der Waals surface area contributed by atoms with Crippen LogP contribution >= 0.6 is 0 Å². The predicted molar refractivity (Wildman–Crippen MR) is 88.1 cm³/mol. The van der Waals surface area contributed by atoms with Gasteiger partial charge in [0.05, 0.1) is 0 Å². The summed E-state index contributed by atoms with van der Waals surface area (Å²) in [6.07, 6.45) is 0. The maximum atomic E-state index is 2.00. The molecule has 0 spiro atoms. The van der Waals surface area contributed by atoms with E-state index < -0.39 is 0 Å². The van der Waals surface area contributed by atoms with Crippen LogP contribution in [-0.2, 0) is 0 Å². The molecule has 1 heteroatoms. The first-order chi connectivity index (χ1) is 10.0. The smallest absolute Gasteiger partial charge is 0.214 e. The molecular weight excluding hydrogens is 472 g/mol. The minimum Gasteiger partial charge on any atom is -0.214 e. The molecule has 0 nitrogen and oxygen atoms in total. The van der Waals surface area contributed by atoms with Crippen molar-refractivity contribution in [1.82, 2.24) is 0 Å². The number of hydrogen-bond acceptors (Lipinski definition) is 0. The molecule has 0 radical (unpaired) electrons. The van der Waals surface area contributed by atoms with Crippen LogP contribution in [0.15, 0.2) is 121 Å². The first kappa shape index (κ1) is 19.7.